The molecule has 1 aliphatic carbocycles. The van der Waals surface area contributed by atoms with Crippen LogP contribution in [0.2, 0.25) is 0 Å². The number of fused-ring (bicyclic) bond motifs is 1. The van der Waals surface area contributed by atoms with Crippen molar-refractivity contribution in [3.8, 4) is 0 Å². The van der Waals surface area contributed by atoms with Crippen LogP contribution < -0.4 is 20.7 Å². The summed E-state index contributed by atoms with van der Waals surface area (Å²) in [6.45, 7) is 8.67. The molecule has 1 aromatic carbocycles. The molecule has 3 rings (SSSR count). The Morgan fingerprint density at radius 1 is 1.00 bits per heavy atom. The van der Waals surface area contributed by atoms with Crippen molar-refractivity contribution in [2.45, 2.75) is 46.0 Å². The zero-order valence-electron chi connectivity index (χ0n) is 17.3. The zero-order chi connectivity index (χ0) is 19.9. The number of rotatable bonds is 6. The summed E-state index contributed by atoms with van der Waals surface area (Å²) in [7, 11) is 0. The van der Waals surface area contributed by atoms with Gasteiger partial charge in [0.25, 0.3) is 11.8 Å². The summed E-state index contributed by atoms with van der Waals surface area (Å²) >= 11 is 0. The van der Waals surface area contributed by atoms with Crippen LogP contribution in [0, 0.1) is 11.8 Å². The molecule has 0 bridgehead atoms. The molecule has 1 aliphatic heterocycles. The van der Waals surface area contributed by atoms with Crippen molar-refractivity contribution in [1.29, 1.82) is 0 Å². The van der Waals surface area contributed by atoms with E-state index in [2.05, 4.69) is 29.6 Å². The molecule has 0 spiro atoms. The first-order valence-corrected chi connectivity index (χ1v) is 10.9. The highest BCUT2D eigenvalue weighted by atomic mass is 16.2. The van der Waals surface area contributed by atoms with Crippen LogP contribution in [0.5, 0.6) is 0 Å². The van der Waals surface area contributed by atoms with Gasteiger partial charge in [0, 0.05) is 30.3 Å². The summed E-state index contributed by atoms with van der Waals surface area (Å²) in [5.41, 5.74) is 6.79. The summed E-state index contributed by atoms with van der Waals surface area (Å²) in [6, 6.07) is 7.49. The standard InChI is InChI=1S/C22H34N4O2/c1-3-26(4-2)20-11-9-18(10-12-20)22(28)24-23-21(27)16-25-14-13-17-7-5-6-8-19(17)15-25/h9-12,17,19H,3-8,13-16H2,1-2H3,(H,23,27)(H,24,28)/p+1/t17-,19-/m1/s1. The number of amides is 2. The van der Waals surface area contributed by atoms with Gasteiger partial charge in [0.05, 0.1) is 13.1 Å². The van der Waals surface area contributed by atoms with Crippen molar-refractivity contribution in [3.05, 3.63) is 29.8 Å². The fourth-order valence-electron chi connectivity index (χ4n) is 4.84. The van der Waals surface area contributed by atoms with Gasteiger partial charge in [-0.2, -0.15) is 0 Å². The number of likely N-dealkylation sites (tertiary alicyclic amines) is 1. The van der Waals surface area contributed by atoms with E-state index in [1.165, 1.54) is 37.0 Å². The van der Waals surface area contributed by atoms with E-state index in [1.54, 1.807) is 12.1 Å². The zero-order valence-corrected chi connectivity index (χ0v) is 17.3. The Bertz CT molecular complexity index is 657. The lowest BCUT2D eigenvalue weighted by atomic mass is 9.75. The molecular formula is C22H35N4O2+. The molecule has 6 heteroatoms. The molecule has 3 atom stereocenters. The van der Waals surface area contributed by atoms with E-state index in [4.69, 9.17) is 0 Å². The number of hydrogen-bond acceptors (Lipinski definition) is 3. The normalized spacial score (nSPS) is 24.1. The number of benzene rings is 1. The fraction of sp³-hybridized carbons (Fsp3) is 0.636. The van der Waals surface area contributed by atoms with Crippen molar-refractivity contribution in [3.63, 3.8) is 0 Å². The molecule has 1 saturated heterocycles. The Balaban J connectivity index is 1.43. The number of hydrazine groups is 1. The summed E-state index contributed by atoms with van der Waals surface area (Å²) in [6.07, 6.45) is 6.63. The maximum absolute atomic E-state index is 12.3. The van der Waals surface area contributed by atoms with E-state index in [0.29, 0.717) is 12.1 Å². The highest BCUT2D eigenvalue weighted by Gasteiger charge is 2.34. The number of nitrogens with one attached hydrogen (secondary N) is 3. The molecular weight excluding hydrogens is 352 g/mol. The van der Waals surface area contributed by atoms with Crippen molar-refractivity contribution < 1.29 is 14.5 Å². The van der Waals surface area contributed by atoms with Gasteiger partial charge in [0.15, 0.2) is 6.54 Å². The van der Waals surface area contributed by atoms with Gasteiger partial charge in [0.2, 0.25) is 0 Å². The Kier molecular flexibility index (Phi) is 7.31. The van der Waals surface area contributed by atoms with Crippen LogP contribution in [0.25, 0.3) is 0 Å². The molecule has 1 aromatic rings. The number of piperidine rings is 1. The SMILES string of the molecule is CCN(CC)c1ccc(C(=O)NNC(=O)C[NH+]2CC[C@H]3CCCC[C@@H]3C2)cc1. The Morgan fingerprint density at radius 3 is 2.36 bits per heavy atom. The van der Waals surface area contributed by atoms with Gasteiger partial charge in [-0.3, -0.25) is 20.4 Å². The molecule has 6 nitrogen and oxygen atoms in total. The second kappa shape index (κ2) is 9.92. The molecule has 154 valence electrons. The first-order valence-electron chi connectivity index (χ1n) is 10.9. The number of anilines is 1. The van der Waals surface area contributed by atoms with Crippen LogP contribution in [-0.2, 0) is 4.79 Å². The Morgan fingerprint density at radius 2 is 1.68 bits per heavy atom. The van der Waals surface area contributed by atoms with Crippen molar-refractivity contribution >= 4 is 17.5 Å². The molecule has 1 heterocycles. The minimum absolute atomic E-state index is 0.114. The predicted molar refractivity (Wildman–Crippen MR) is 111 cm³/mol. The summed E-state index contributed by atoms with van der Waals surface area (Å²) in [5, 5.41) is 0. The van der Waals surface area contributed by atoms with Crippen LogP contribution in [0.1, 0.15) is 56.3 Å². The lowest BCUT2D eigenvalue weighted by Gasteiger charge is -2.38. The number of quaternary nitrogens is 1. The fourth-order valence-corrected chi connectivity index (χ4v) is 4.84. The topological polar surface area (TPSA) is 65.9 Å². The summed E-state index contributed by atoms with van der Waals surface area (Å²) in [4.78, 5) is 28.1. The number of hydrogen-bond donors (Lipinski definition) is 3. The van der Waals surface area contributed by atoms with Gasteiger partial charge in [-0.15, -0.1) is 0 Å². The van der Waals surface area contributed by atoms with E-state index < -0.39 is 0 Å². The Hall–Kier alpha value is -2.08. The summed E-state index contributed by atoms with van der Waals surface area (Å²) in [5.74, 6) is 1.27. The third kappa shape index (κ3) is 5.25. The summed E-state index contributed by atoms with van der Waals surface area (Å²) < 4.78 is 0. The van der Waals surface area contributed by atoms with E-state index in [0.717, 1.165) is 43.7 Å². The lowest BCUT2D eigenvalue weighted by molar-refractivity contribution is -0.902. The van der Waals surface area contributed by atoms with Gasteiger partial charge in [0.1, 0.15) is 0 Å². The number of carbonyl (C=O) groups excluding carboxylic acids is 2. The highest BCUT2D eigenvalue weighted by Crippen LogP contribution is 2.32. The molecule has 2 aliphatic rings. The van der Waals surface area contributed by atoms with Crippen LogP contribution in [0.15, 0.2) is 24.3 Å². The van der Waals surface area contributed by atoms with Crippen LogP contribution in [0.3, 0.4) is 0 Å². The molecule has 1 unspecified atom stereocenters. The maximum Gasteiger partial charge on any atom is 0.293 e. The van der Waals surface area contributed by atoms with Gasteiger partial charge in [-0.05, 0) is 63.3 Å². The largest absolute Gasteiger partial charge is 0.372 e. The van der Waals surface area contributed by atoms with Gasteiger partial charge < -0.3 is 9.80 Å². The molecule has 1 saturated carbocycles. The molecule has 0 radical (unpaired) electrons. The van der Waals surface area contributed by atoms with E-state index in [1.807, 2.05) is 12.1 Å². The van der Waals surface area contributed by atoms with Crippen LogP contribution in [-0.4, -0.2) is 44.5 Å². The number of nitrogens with zero attached hydrogens (tertiary/aromatic N) is 1. The van der Waals surface area contributed by atoms with Crippen molar-refractivity contribution in [1.82, 2.24) is 10.9 Å². The second-order valence-electron chi connectivity index (χ2n) is 8.20. The lowest BCUT2D eigenvalue weighted by Crippen LogP contribution is -3.15. The van der Waals surface area contributed by atoms with Crippen molar-refractivity contribution in [2.75, 3.05) is 37.6 Å². The Labute approximate surface area is 168 Å². The van der Waals surface area contributed by atoms with E-state index >= 15 is 0 Å². The first kappa shape index (κ1) is 20.6. The van der Waals surface area contributed by atoms with E-state index in [9.17, 15) is 9.59 Å². The van der Waals surface area contributed by atoms with Crippen LogP contribution in [0.4, 0.5) is 5.69 Å². The van der Waals surface area contributed by atoms with Crippen molar-refractivity contribution in [2.24, 2.45) is 11.8 Å². The minimum Gasteiger partial charge on any atom is -0.372 e. The van der Waals surface area contributed by atoms with Gasteiger partial charge in [-0.25, -0.2) is 0 Å². The quantitative estimate of drug-likeness (QED) is 0.647. The van der Waals surface area contributed by atoms with E-state index in [-0.39, 0.29) is 11.8 Å². The van der Waals surface area contributed by atoms with Gasteiger partial charge >= 0.3 is 0 Å². The predicted octanol–water partition coefficient (Wildman–Crippen LogP) is 1.39. The highest BCUT2D eigenvalue weighted by molar-refractivity contribution is 5.95. The molecule has 28 heavy (non-hydrogen) atoms. The third-order valence-corrected chi connectivity index (χ3v) is 6.47. The maximum atomic E-state index is 12.3. The average Bonchev–Trinajstić information content (AvgIpc) is 2.73. The molecule has 2 fully saturated rings. The molecule has 3 N–H and O–H groups in total. The van der Waals surface area contributed by atoms with Crippen LogP contribution >= 0.6 is 0 Å². The first-order chi connectivity index (χ1) is 13.6. The third-order valence-electron chi connectivity index (χ3n) is 6.47. The average molecular weight is 388 g/mol. The smallest absolute Gasteiger partial charge is 0.293 e. The molecule has 2 amide bonds. The second-order valence-corrected chi connectivity index (χ2v) is 8.20. The van der Waals surface area contributed by atoms with Gasteiger partial charge in [-0.1, -0.05) is 12.8 Å². The minimum atomic E-state index is -0.277. The molecule has 0 aromatic heterocycles. The number of carbonyl (C=O) groups is 2. The monoisotopic (exact) mass is 387 g/mol.